The van der Waals surface area contributed by atoms with E-state index >= 15 is 0 Å². The number of pyridine rings is 1. The molecule has 3 heterocycles. The minimum absolute atomic E-state index is 0.0877. The Kier molecular flexibility index (Phi) is 4.35. The number of carbonyl (C=O) groups excluding carboxylic acids is 1. The van der Waals surface area contributed by atoms with Gasteiger partial charge in [-0.15, -0.1) is 0 Å². The maximum Gasteiger partial charge on any atom is 0.258 e. The molecule has 6 nitrogen and oxygen atoms in total. The summed E-state index contributed by atoms with van der Waals surface area (Å²) >= 11 is 0. The number of aromatic nitrogens is 3. The summed E-state index contributed by atoms with van der Waals surface area (Å²) in [5.74, 6) is 1.59. The van der Waals surface area contributed by atoms with E-state index in [4.69, 9.17) is 9.26 Å². The van der Waals surface area contributed by atoms with Crippen molar-refractivity contribution >= 4 is 16.6 Å². The molecule has 0 aliphatic carbocycles. The standard InChI is InChI=1S/C24H21N3O3/c1-3-24(4-2)13-20(28)19-12-17(7-8-21(19)29-24)23-26-22(27-30-23)16-5-6-18-14-25-10-9-15(18)11-16/h5-12,14H,3-4,13H2,1-2H3. The molecule has 0 N–H and O–H groups in total. The Balaban J connectivity index is 1.48. The van der Waals surface area contributed by atoms with E-state index in [1.54, 1.807) is 12.3 Å². The van der Waals surface area contributed by atoms with E-state index < -0.39 is 5.60 Å². The molecule has 2 aromatic heterocycles. The number of rotatable bonds is 4. The SMILES string of the molecule is CCC1(CC)CC(=O)c2cc(-c3nc(-c4ccc5cnccc5c4)no3)ccc2O1. The maximum absolute atomic E-state index is 12.8. The van der Waals surface area contributed by atoms with Crippen molar-refractivity contribution < 1.29 is 14.1 Å². The molecule has 0 unspecified atom stereocenters. The highest BCUT2D eigenvalue weighted by molar-refractivity contribution is 6.01. The molecule has 0 radical (unpaired) electrons. The van der Waals surface area contributed by atoms with Crippen molar-refractivity contribution in [3.05, 3.63) is 60.4 Å². The van der Waals surface area contributed by atoms with Crippen molar-refractivity contribution in [2.75, 3.05) is 0 Å². The van der Waals surface area contributed by atoms with Crippen LogP contribution >= 0.6 is 0 Å². The van der Waals surface area contributed by atoms with Gasteiger partial charge in [-0.2, -0.15) is 4.98 Å². The molecule has 6 heteroatoms. The fourth-order valence-electron chi connectivity index (χ4n) is 3.95. The second-order valence-corrected chi connectivity index (χ2v) is 7.66. The number of fused-ring (bicyclic) bond motifs is 2. The number of ketones is 1. The summed E-state index contributed by atoms with van der Waals surface area (Å²) < 4.78 is 11.7. The van der Waals surface area contributed by atoms with Crippen LogP contribution in [0.1, 0.15) is 43.5 Å². The Hall–Kier alpha value is -3.54. The van der Waals surface area contributed by atoms with Crippen molar-refractivity contribution in [1.29, 1.82) is 0 Å². The van der Waals surface area contributed by atoms with E-state index in [-0.39, 0.29) is 5.78 Å². The summed E-state index contributed by atoms with van der Waals surface area (Å²) in [6.45, 7) is 4.11. The number of Topliss-reactive ketones (excluding diaryl/α,β-unsaturated/α-hetero) is 1. The first-order valence-electron chi connectivity index (χ1n) is 10.2. The number of hydrogen-bond donors (Lipinski definition) is 0. The number of benzene rings is 2. The number of ether oxygens (including phenoxy) is 1. The molecule has 1 aliphatic heterocycles. The Morgan fingerprint density at radius 1 is 1.00 bits per heavy atom. The zero-order valence-electron chi connectivity index (χ0n) is 16.9. The van der Waals surface area contributed by atoms with Gasteiger partial charge in [0.2, 0.25) is 5.82 Å². The van der Waals surface area contributed by atoms with Gasteiger partial charge in [0.15, 0.2) is 5.78 Å². The Morgan fingerprint density at radius 3 is 2.67 bits per heavy atom. The lowest BCUT2D eigenvalue weighted by Crippen LogP contribution is -2.40. The largest absolute Gasteiger partial charge is 0.486 e. The van der Waals surface area contributed by atoms with Gasteiger partial charge in [-0.05, 0) is 48.6 Å². The first-order valence-corrected chi connectivity index (χ1v) is 10.2. The van der Waals surface area contributed by atoms with Gasteiger partial charge in [-0.1, -0.05) is 31.1 Å². The fourth-order valence-corrected chi connectivity index (χ4v) is 3.95. The van der Waals surface area contributed by atoms with Crippen LogP contribution in [-0.2, 0) is 0 Å². The van der Waals surface area contributed by atoms with Crippen LogP contribution in [0.5, 0.6) is 5.75 Å². The number of carbonyl (C=O) groups is 1. The summed E-state index contributed by atoms with van der Waals surface area (Å²) in [6, 6.07) is 13.3. The van der Waals surface area contributed by atoms with Gasteiger partial charge in [0.05, 0.1) is 12.0 Å². The third-order valence-corrected chi connectivity index (χ3v) is 5.95. The van der Waals surface area contributed by atoms with E-state index in [2.05, 4.69) is 29.0 Å². The van der Waals surface area contributed by atoms with Crippen molar-refractivity contribution in [3.63, 3.8) is 0 Å². The molecule has 150 valence electrons. The van der Waals surface area contributed by atoms with Crippen LogP contribution in [0.4, 0.5) is 0 Å². The highest BCUT2D eigenvalue weighted by Crippen LogP contribution is 2.39. The van der Waals surface area contributed by atoms with Gasteiger partial charge in [0.1, 0.15) is 11.4 Å². The lowest BCUT2D eigenvalue weighted by Gasteiger charge is -2.36. The maximum atomic E-state index is 12.8. The van der Waals surface area contributed by atoms with E-state index in [0.717, 1.165) is 29.2 Å². The van der Waals surface area contributed by atoms with Crippen molar-refractivity contribution in [2.45, 2.75) is 38.7 Å². The molecule has 1 aliphatic rings. The molecule has 2 aromatic carbocycles. The first kappa shape index (κ1) is 18.5. The normalized spacial score (nSPS) is 15.1. The predicted octanol–water partition coefficient (Wildman–Crippen LogP) is 5.48. The van der Waals surface area contributed by atoms with E-state index in [0.29, 0.717) is 35.0 Å². The molecule has 0 bridgehead atoms. The van der Waals surface area contributed by atoms with Crippen LogP contribution in [0.15, 0.2) is 59.4 Å². The van der Waals surface area contributed by atoms with Crippen LogP contribution in [0.3, 0.4) is 0 Å². The Morgan fingerprint density at radius 2 is 1.83 bits per heavy atom. The van der Waals surface area contributed by atoms with E-state index in [9.17, 15) is 4.79 Å². The summed E-state index contributed by atoms with van der Waals surface area (Å²) in [4.78, 5) is 21.5. The average molecular weight is 399 g/mol. The quantitative estimate of drug-likeness (QED) is 0.452. The second kappa shape index (κ2) is 7.06. The number of hydrogen-bond acceptors (Lipinski definition) is 6. The van der Waals surface area contributed by atoms with Crippen LogP contribution in [0.25, 0.3) is 33.6 Å². The Labute approximate surface area is 173 Å². The average Bonchev–Trinajstić information content (AvgIpc) is 3.29. The van der Waals surface area contributed by atoms with Crippen molar-refractivity contribution in [3.8, 4) is 28.6 Å². The van der Waals surface area contributed by atoms with Crippen LogP contribution in [-0.4, -0.2) is 26.5 Å². The third kappa shape index (κ3) is 3.05. The minimum Gasteiger partial charge on any atom is -0.486 e. The van der Waals surface area contributed by atoms with E-state index in [1.165, 1.54) is 0 Å². The second-order valence-electron chi connectivity index (χ2n) is 7.66. The van der Waals surface area contributed by atoms with Gasteiger partial charge >= 0.3 is 0 Å². The molecule has 0 amide bonds. The highest BCUT2D eigenvalue weighted by atomic mass is 16.5. The zero-order chi connectivity index (χ0) is 20.7. The Bertz CT molecular complexity index is 1260. The van der Waals surface area contributed by atoms with Crippen LogP contribution in [0.2, 0.25) is 0 Å². The summed E-state index contributed by atoms with van der Waals surface area (Å²) in [5, 5.41) is 6.24. The van der Waals surface area contributed by atoms with Crippen LogP contribution < -0.4 is 4.74 Å². The van der Waals surface area contributed by atoms with E-state index in [1.807, 2.05) is 42.6 Å². The topological polar surface area (TPSA) is 78.1 Å². The fraction of sp³-hybridized carbons (Fsp3) is 0.250. The lowest BCUT2D eigenvalue weighted by atomic mass is 9.85. The first-order chi connectivity index (χ1) is 14.6. The number of nitrogens with zero attached hydrogens (tertiary/aromatic N) is 3. The minimum atomic E-state index is -0.408. The van der Waals surface area contributed by atoms with Gasteiger partial charge < -0.3 is 9.26 Å². The molecule has 30 heavy (non-hydrogen) atoms. The monoisotopic (exact) mass is 399 g/mol. The molecule has 0 spiro atoms. The van der Waals surface area contributed by atoms with Crippen LogP contribution in [0, 0.1) is 0 Å². The lowest BCUT2D eigenvalue weighted by molar-refractivity contribution is 0.0350. The third-order valence-electron chi connectivity index (χ3n) is 5.95. The van der Waals surface area contributed by atoms with Gasteiger partial charge in [0.25, 0.3) is 5.89 Å². The molecule has 0 saturated heterocycles. The highest BCUT2D eigenvalue weighted by Gasteiger charge is 2.37. The molecular formula is C24H21N3O3. The summed E-state index contributed by atoms with van der Waals surface area (Å²) in [7, 11) is 0. The smallest absolute Gasteiger partial charge is 0.258 e. The zero-order valence-corrected chi connectivity index (χ0v) is 16.9. The molecule has 0 saturated carbocycles. The summed E-state index contributed by atoms with van der Waals surface area (Å²) in [6.07, 6.45) is 5.55. The van der Waals surface area contributed by atoms with Crippen molar-refractivity contribution in [1.82, 2.24) is 15.1 Å². The predicted molar refractivity (Wildman–Crippen MR) is 113 cm³/mol. The van der Waals surface area contributed by atoms with Gasteiger partial charge in [-0.3, -0.25) is 9.78 Å². The summed E-state index contributed by atoms with van der Waals surface area (Å²) in [5.41, 5.74) is 1.73. The van der Waals surface area contributed by atoms with Gasteiger partial charge in [0, 0.05) is 28.9 Å². The van der Waals surface area contributed by atoms with Gasteiger partial charge in [-0.25, -0.2) is 0 Å². The molecule has 4 aromatic rings. The van der Waals surface area contributed by atoms with Crippen molar-refractivity contribution in [2.24, 2.45) is 0 Å². The molecular weight excluding hydrogens is 378 g/mol. The molecule has 5 rings (SSSR count). The molecule has 0 atom stereocenters. The molecule has 0 fully saturated rings.